The summed E-state index contributed by atoms with van der Waals surface area (Å²) in [7, 11) is -3.65. The van der Waals surface area contributed by atoms with Crippen LogP contribution in [0, 0.1) is 11.3 Å². The number of hydrogen-bond acceptors (Lipinski definition) is 8. The highest BCUT2D eigenvalue weighted by Crippen LogP contribution is 2.41. The first kappa shape index (κ1) is 18.2. The van der Waals surface area contributed by atoms with E-state index in [4.69, 9.17) is 18.9 Å². The topological polar surface area (TPSA) is 119 Å². The van der Waals surface area contributed by atoms with Crippen LogP contribution in [0.3, 0.4) is 0 Å². The van der Waals surface area contributed by atoms with E-state index in [-0.39, 0.29) is 13.2 Å². The molecule has 1 amide bonds. The number of cyclic esters (lactones) is 1. The van der Waals surface area contributed by atoms with Crippen molar-refractivity contribution in [3.05, 3.63) is 42.2 Å². The average Bonchev–Trinajstić information content (AvgIpc) is 3.01. The summed E-state index contributed by atoms with van der Waals surface area (Å²) in [6, 6.07) is 10.2. The Bertz CT molecular complexity index is 1080. The summed E-state index contributed by atoms with van der Waals surface area (Å²) >= 11 is 0. The van der Waals surface area contributed by atoms with Gasteiger partial charge in [-0.3, -0.25) is 9.08 Å². The average molecular weight is 401 g/mol. The van der Waals surface area contributed by atoms with Gasteiger partial charge in [0.15, 0.2) is 6.10 Å². The van der Waals surface area contributed by atoms with Gasteiger partial charge in [-0.15, -0.1) is 0 Å². The molecule has 2 aromatic rings. The quantitative estimate of drug-likeness (QED) is 0.710. The monoisotopic (exact) mass is 401 g/mol. The molecule has 1 aromatic heterocycles. The molecule has 1 fully saturated rings. The van der Waals surface area contributed by atoms with Crippen molar-refractivity contribution in [3.8, 4) is 22.9 Å². The Morgan fingerprint density at radius 1 is 1.32 bits per heavy atom. The van der Waals surface area contributed by atoms with Gasteiger partial charge >= 0.3 is 6.09 Å². The van der Waals surface area contributed by atoms with Crippen molar-refractivity contribution in [2.75, 3.05) is 24.4 Å². The minimum atomic E-state index is -3.65. The van der Waals surface area contributed by atoms with Crippen LogP contribution in [0.5, 0.6) is 5.75 Å². The van der Waals surface area contributed by atoms with Crippen molar-refractivity contribution in [1.82, 2.24) is 4.98 Å². The first-order valence-corrected chi connectivity index (χ1v) is 10.1. The second-order valence-corrected chi connectivity index (χ2v) is 8.03. The van der Waals surface area contributed by atoms with Gasteiger partial charge in [-0.1, -0.05) is 6.07 Å². The minimum absolute atomic E-state index is 0.144. The zero-order valence-electron chi connectivity index (χ0n) is 14.7. The maximum Gasteiger partial charge on any atom is 0.415 e. The number of ether oxygens (including phenoxy) is 2. The van der Waals surface area contributed by atoms with Crippen LogP contribution in [0.25, 0.3) is 11.1 Å². The Hall–Kier alpha value is -3.16. The smallest absolute Gasteiger partial charge is 0.415 e. The van der Waals surface area contributed by atoms with E-state index in [1.807, 2.05) is 6.07 Å². The van der Waals surface area contributed by atoms with Crippen LogP contribution in [-0.4, -0.2) is 51.1 Å². The number of aromatic nitrogens is 1. The molecule has 0 N–H and O–H groups in total. The number of rotatable bonds is 4. The maximum absolute atomic E-state index is 12.3. The molecule has 1 saturated heterocycles. The van der Waals surface area contributed by atoms with E-state index in [0.29, 0.717) is 17.1 Å². The first-order valence-electron chi connectivity index (χ1n) is 8.33. The van der Waals surface area contributed by atoms with Gasteiger partial charge in [-0.2, -0.15) is 13.7 Å². The van der Waals surface area contributed by atoms with Crippen LogP contribution < -0.4 is 9.64 Å². The zero-order valence-corrected chi connectivity index (χ0v) is 15.5. The number of fused-ring (bicyclic) bond motifs is 3. The van der Waals surface area contributed by atoms with Crippen molar-refractivity contribution in [1.29, 1.82) is 5.26 Å². The minimum Gasteiger partial charge on any atom is -0.489 e. The molecule has 2 atom stereocenters. The molecule has 0 aliphatic carbocycles. The van der Waals surface area contributed by atoms with Crippen molar-refractivity contribution >= 4 is 21.9 Å². The van der Waals surface area contributed by atoms with Crippen LogP contribution in [0.15, 0.2) is 36.5 Å². The number of hydrogen-bond donors (Lipinski definition) is 0. The Morgan fingerprint density at radius 3 is 2.79 bits per heavy atom. The summed E-state index contributed by atoms with van der Waals surface area (Å²) in [5.41, 5.74) is 2.48. The van der Waals surface area contributed by atoms with E-state index in [1.54, 1.807) is 36.5 Å². The largest absolute Gasteiger partial charge is 0.489 e. The van der Waals surface area contributed by atoms with Crippen LogP contribution in [0.4, 0.5) is 10.5 Å². The zero-order chi connectivity index (χ0) is 19.9. The van der Waals surface area contributed by atoms with Crippen LogP contribution >= 0.6 is 0 Å². The second-order valence-electron chi connectivity index (χ2n) is 6.39. The fraction of sp³-hybridized carbons (Fsp3) is 0.278. The Balaban J connectivity index is 1.59. The number of pyridine rings is 1. The third-order valence-electron chi connectivity index (χ3n) is 4.50. The molecule has 9 nitrogen and oxygen atoms in total. The molecule has 144 valence electrons. The Labute approximate surface area is 161 Å². The molecular formula is C18H15N3O6S. The molecule has 0 unspecified atom stereocenters. The van der Waals surface area contributed by atoms with Crippen molar-refractivity contribution in [2.45, 2.75) is 12.1 Å². The fourth-order valence-corrected chi connectivity index (χ4v) is 3.56. The van der Waals surface area contributed by atoms with Gasteiger partial charge in [0.05, 0.1) is 11.9 Å². The van der Waals surface area contributed by atoms with E-state index in [0.717, 1.165) is 17.4 Å². The summed E-state index contributed by atoms with van der Waals surface area (Å²) in [5, 5.41) is 8.85. The summed E-state index contributed by atoms with van der Waals surface area (Å²) < 4.78 is 38.3. The Morgan fingerprint density at radius 2 is 2.11 bits per heavy atom. The molecule has 1 aromatic carbocycles. The predicted octanol–water partition coefficient (Wildman–Crippen LogP) is 1.68. The highest BCUT2D eigenvalue weighted by molar-refractivity contribution is 7.85. The molecular weight excluding hydrogens is 386 g/mol. The predicted molar refractivity (Wildman–Crippen MR) is 97.2 cm³/mol. The normalized spacial score (nSPS) is 20.6. The number of carbonyl (C=O) groups is 1. The number of anilines is 1. The molecule has 3 heterocycles. The number of amides is 1. The molecule has 0 spiro atoms. The van der Waals surface area contributed by atoms with Crippen LogP contribution in [0.2, 0.25) is 0 Å². The van der Waals surface area contributed by atoms with Crippen LogP contribution in [-0.2, 0) is 19.0 Å². The molecule has 2 aliphatic heterocycles. The van der Waals surface area contributed by atoms with E-state index in [1.165, 1.54) is 4.90 Å². The van der Waals surface area contributed by atoms with E-state index in [2.05, 4.69) is 4.98 Å². The summed E-state index contributed by atoms with van der Waals surface area (Å²) in [6.07, 6.45) is 1.20. The molecule has 4 rings (SSSR count). The highest BCUT2D eigenvalue weighted by Gasteiger charge is 2.47. The van der Waals surface area contributed by atoms with Gasteiger partial charge in [-0.25, -0.2) is 9.78 Å². The first-order chi connectivity index (χ1) is 13.4. The maximum atomic E-state index is 12.3. The third-order valence-corrected chi connectivity index (χ3v) is 5.06. The second kappa shape index (κ2) is 6.78. The Kier molecular flexibility index (Phi) is 4.41. The van der Waals surface area contributed by atoms with Gasteiger partial charge in [0.1, 0.15) is 36.8 Å². The molecule has 0 bridgehead atoms. The summed E-state index contributed by atoms with van der Waals surface area (Å²) in [5.74, 6) is 0.500. The number of nitrogens with zero attached hydrogens (tertiary/aromatic N) is 3. The molecule has 0 saturated carbocycles. The number of nitriles is 1. The van der Waals surface area contributed by atoms with Gasteiger partial charge in [-0.05, 0) is 29.8 Å². The van der Waals surface area contributed by atoms with Crippen LogP contribution in [0.1, 0.15) is 5.69 Å². The molecule has 28 heavy (non-hydrogen) atoms. The molecule has 0 radical (unpaired) electrons. The van der Waals surface area contributed by atoms with Gasteiger partial charge in [0.2, 0.25) is 0 Å². The summed E-state index contributed by atoms with van der Waals surface area (Å²) in [6.45, 7) is -0.120. The third kappa shape index (κ3) is 3.37. The van der Waals surface area contributed by atoms with Crippen molar-refractivity contribution < 1.29 is 26.9 Å². The van der Waals surface area contributed by atoms with E-state index in [9.17, 15) is 13.2 Å². The lowest BCUT2D eigenvalue weighted by atomic mass is 10.0. The number of carbonyl (C=O) groups excluding carboxylic acids is 1. The lowest BCUT2D eigenvalue weighted by Gasteiger charge is -2.31. The van der Waals surface area contributed by atoms with Gasteiger partial charge < -0.3 is 9.47 Å². The lowest BCUT2D eigenvalue weighted by molar-refractivity contribution is 0.0844. The standard InChI is InChI=1S/C18H15N3O6S/c1-28(23,24)26-10-17-15-9-25-16-6-11(12-2-4-13(7-19)20-8-12)3-5-14(16)21(15)18(22)27-17/h2-6,8,15,17H,9-10H2,1H3/t15-,17-/m0/s1. The van der Waals surface area contributed by atoms with E-state index >= 15 is 0 Å². The van der Waals surface area contributed by atoms with E-state index < -0.39 is 28.4 Å². The van der Waals surface area contributed by atoms with Gasteiger partial charge in [0.25, 0.3) is 10.1 Å². The van der Waals surface area contributed by atoms with Gasteiger partial charge in [0, 0.05) is 11.8 Å². The SMILES string of the molecule is CS(=O)(=O)OC[C@@H]1OC(=O)N2c3ccc(-c4ccc(C#N)nc4)cc3OC[C@@H]12. The lowest BCUT2D eigenvalue weighted by Crippen LogP contribution is -2.45. The van der Waals surface area contributed by atoms with Crippen molar-refractivity contribution in [2.24, 2.45) is 0 Å². The highest BCUT2D eigenvalue weighted by atomic mass is 32.2. The molecule has 10 heteroatoms. The van der Waals surface area contributed by atoms with Crippen molar-refractivity contribution in [3.63, 3.8) is 0 Å². The summed E-state index contributed by atoms with van der Waals surface area (Å²) in [4.78, 5) is 17.8. The number of benzene rings is 1. The fourth-order valence-electron chi connectivity index (χ4n) is 3.18. The molecule has 2 aliphatic rings.